The minimum atomic E-state index is -0.743. The summed E-state index contributed by atoms with van der Waals surface area (Å²) in [6, 6.07) is 11.4. The highest BCUT2D eigenvalue weighted by Crippen LogP contribution is 2.29. The molecule has 0 radical (unpaired) electrons. The van der Waals surface area contributed by atoms with Crippen LogP contribution in [-0.2, 0) is 4.79 Å². The van der Waals surface area contributed by atoms with Gasteiger partial charge >= 0.3 is 6.03 Å². The van der Waals surface area contributed by atoms with Crippen molar-refractivity contribution < 1.29 is 19.2 Å². The van der Waals surface area contributed by atoms with Crippen LogP contribution in [0.2, 0.25) is 0 Å². The Morgan fingerprint density at radius 1 is 1.17 bits per heavy atom. The average Bonchev–Trinajstić information content (AvgIpc) is 2.69. The summed E-state index contributed by atoms with van der Waals surface area (Å²) in [6.07, 6.45) is 0. The Balaban J connectivity index is 1.86. The molecule has 9 nitrogen and oxygen atoms in total. The lowest BCUT2D eigenvalue weighted by Crippen LogP contribution is -2.45. The number of nitro groups is 1. The number of anilines is 1. The molecule has 0 saturated heterocycles. The number of nitrogens with one attached hydrogen (secondary N) is 3. The second-order valence-corrected chi connectivity index (χ2v) is 6.33. The fourth-order valence-electron chi connectivity index (χ4n) is 3.03. The second-order valence-electron chi connectivity index (χ2n) is 6.33. The Morgan fingerprint density at radius 2 is 1.83 bits per heavy atom. The molecule has 0 spiro atoms. The number of nitrogens with zero attached hydrogens (tertiary/aromatic N) is 1. The molecule has 0 bridgehead atoms. The minimum absolute atomic E-state index is 0.0740. The first-order chi connectivity index (χ1) is 13.9. The van der Waals surface area contributed by atoms with Crippen LogP contribution < -0.4 is 20.7 Å². The molecule has 29 heavy (non-hydrogen) atoms. The van der Waals surface area contributed by atoms with Gasteiger partial charge in [-0.15, -0.1) is 0 Å². The van der Waals surface area contributed by atoms with E-state index in [1.807, 2.05) is 6.92 Å². The molecule has 3 N–H and O–H groups in total. The Hall–Kier alpha value is -3.88. The first-order valence-corrected chi connectivity index (χ1v) is 8.96. The topological polar surface area (TPSA) is 123 Å². The van der Waals surface area contributed by atoms with Crippen LogP contribution >= 0.6 is 0 Å². The lowest BCUT2D eigenvalue weighted by molar-refractivity contribution is -0.384. The second kappa shape index (κ2) is 8.42. The van der Waals surface area contributed by atoms with Crippen molar-refractivity contribution in [2.45, 2.75) is 19.9 Å². The van der Waals surface area contributed by atoms with Crippen molar-refractivity contribution in [3.05, 3.63) is 75.5 Å². The van der Waals surface area contributed by atoms with Gasteiger partial charge in [0.25, 0.3) is 11.6 Å². The third kappa shape index (κ3) is 4.52. The highest BCUT2D eigenvalue weighted by atomic mass is 16.6. The number of urea groups is 1. The van der Waals surface area contributed by atoms with Crippen molar-refractivity contribution in [2.24, 2.45) is 0 Å². The number of hydrogen-bond donors (Lipinski definition) is 3. The Kier molecular flexibility index (Phi) is 5.77. The largest absolute Gasteiger partial charge is 0.494 e. The number of carbonyl (C=O) groups is 2. The lowest BCUT2D eigenvalue weighted by atomic mass is 9.94. The Morgan fingerprint density at radius 3 is 2.41 bits per heavy atom. The molecular weight excluding hydrogens is 376 g/mol. The molecule has 9 heteroatoms. The van der Waals surface area contributed by atoms with Crippen LogP contribution in [0.5, 0.6) is 5.75 Å². The third-order valence-electron chi connectivity index (χ3n) is 4.37. The van der Waals surface area contributed by atoms with Gasteiger partial charge in [-0.1, -0.05) is 0 Å². The van der Waals surface area contributed by atoms with Gasteiger partial charge in [-0.05, 0) is 55.8 Å². The molecule has 0 aliphatic carbocycles. The highest BCUT2D eigenvalue weighted by Gasteiger charge is 2.31. The maximum Gasteiger partial charge on any atom is 0.319 e. The van der Waals surface area contributed by atoms with Gasteiger partial charge in [0.2, 0.25) is 0 Å². The number of ether oxygens (including phenoxy) is 1. The predicted molar refractivity (Wildman–Crippen MR) is 106 cm³/mol. The molecule has 1 aliphatic heterocycles. The van der Waals surface area contributed by atoms with Gasteiger partial charge in [-0.2, -0.15) is 0 Å². The molecule has 0 saturated carbocycles. The van der Waals surface area contributed by atoms with Crippen LogP contribution in [-0.4, -0.2) is 23.5 Å². The number of non-ortho nitro benzene ring substituents is 1. The van der Waals surface area contributed by atoms with Crippen LogP contribution in [0.4, 0.5) is 16.2 Å². The van der Waals surface area contributed by atoms with E-state index >= 15 is 0 Å². The predicted octanol–water partition coefficient (Wildman–Crippen LogP) is 3.26. The molecule has 3 amide bonds. The quantitative estimate of drug-likeness (QED) is 0.511. The molecule has 0 unspecified atom stereocenters. The van der Waals surface area contributed by atoms with Gasteiger partial charge in [0.15, 0.2) is 0 Å². The van der Waals surface area contributed by atoms with Crippen LogP contribution in [0.15, 0.2) is 59.8 Å². The van der Waals surface area contributed by atoms with Crippen molar-refractivity contribution in [1.82, 2.24) is 10.6 Å². The number of carbonyl (C=O) groups excluding carboxylic acids is 2. The van der Waals surface area contributed by atoms with Gasteiger partial charge in [-0.25, -0.2) is 4.79 Å². The standard InChI is InChI=1S/C20H20N4O5/c1-3-29-16-10-6-14(7-11-16)22-19(25)17-12(2)21-20(26)23-18(17)13-4-8-15(9-5-13)24(27)28/h4-11,18H,3H2,1-2H3,(H,22,25)(H2,21,23,26)/t18-/m1/s1. The van der Waals surface area contributed by atoms with Crippen LogP contribution in [0, 0.1) is 10.1 Å². The first-order valence-electron chi connectivity index (χ1n) is 8.96. The fourth-order valence-corrected chi connectivity index (χ4v) is 3.03. The number of nitro benzene ring substituents is 1. The molecule has 3 rings (SSSR count). The highest BCUT2D eigenvalue weighted by molar-refractivity contribution is 6.06. The SMILES string of the molecule is CCOc1ccc(NC(=O)C2=C(C)NC(=O)N[C@@H]2c2ccc([N+](=O)[O-])cc2)cc1. The van der Waals surface area contributed by atoms with E-state index in [9.17, 15) is 19.7 Å². The van der Waals surface area contributed by atoms with Crippen molar-refractivity contribution in [2.75, 3.05) is 11.9 Å². The summed E-state index contributed by atoms with van der Waals surface area (Å²) in [5.74, 6) is 0.291. The fraction of sp³-hybridized carbons (Fsp3) is 0.200. The van der Waals surface area contributed by atoms with Gasteiger partial charge < -0.3 is 20.7 Å². The van der Waals surface area contributed by atoms with E-state index in [0.29, 0.717) is 34.9 Å². The van der Waals surface area contributed by atoms with Gasteiger partial charge in [0.05, 0.1) is 23.1 Å². The molecule has 2 aromatic carbocycles. The van der Waals surface area contributed by atoms with Crippen molar-refractivity contribution in [3.8, 4) is 5.75 Å². The molecule has 0 aromatic heterocycles. The zero-order valence-corrected chi connectivity index (χ0v) is 15.9. The van der Waals surface area contributed by atoms with Gasteiger partial charge in [-0.3, -0.25) is 14.9 Å². The maximum absolute atomic E-state index is 13.0. The van der Waals surface area contributed by atoms with E-state index in [1.54, 1.807) is 31.2 Å². The van der Waals surface area contributed by atoms with Gasteiger partial charge in [0.1, 0.15) is 5.75 Å². The Bertz CT molecular complexity index is 967. The van der Waals surface area contributed by atoms with Gasteiger partial charge in [0, 0.05) is 23.5 Å². The van der Waals surface area contributed by atoms with Crippen molar-refractivity contribution in [3.63, 3.8) is 0 Å². The average molecular weight is 396 g/mol. The zero-order chi connectivity index (χ0) is 21.0. The molecule has 1 atom stereocenters. The summed E-state index contributed by atoms with van der Waals surface area (Å²) >= 11 is 0. The van der Waals surface area contributed by atoms with E-state index < -0.39 is 22.9 Å². The van der Waals surface area contributed by atoms with Crippen molar-refractivity contribution >= 4 is 23.3 Å². The van der Waals surface area contributed by atoms with Crippen LogP contribution in [0.3, 0.4) is 0 Å². The summed E-state index contributed by atoms with van der Waals surface area (Å²) in [4.78, 5) is 35.3. The normalized spacial score (nSPS) is 15.9. The summed E-state index contributed by atoms with van der Waals surface area (Å²) in [7, 11) is 0. The number of allylic oxidation sites excluding steroid dienone is 1. The molecular formula is C20H20N4O5. The summed E-state index contributed by atoms with van der Waals surface area (Å²) in [6.45, 7) is 4.05. The molecule has 1 heterocycles. The van der Waals surface area contributed by atoms with E-state index in [4.69, 9.17) is 4.74 Å². The summed E-state index contributed by atoms with van der Waals surface area (Å²) in [5, 5.41) is 19.0. The van der Waals surface area contributed by atoms with E-state index in [2.05, 4.69) is 16.0 Å². The first kappa shape index (κ1) is 19.9. The maximum atomic E-state index is 13.0. The molecule has 0 fully saturated rings. The van der Waals surface area contributed by atoms with E-state index in [0.717, 1.165) is 0 Å². The lowest BCUT2D eigenvalue weighted by Gasteiger charge is -2.28. The Labute approximate surface area is 166 Å². The van der Waals surface area contributed by atoms with Crippen molar-refractivity contribution in [1.29, 1.82) is 0 Å². The smallest absolute Gasteiger partial charge is 0.319 e. The minimum Gasteiger partial charge on any atom is -0.494 e. The summed E-state index contributed by atoms with van der Waals surface area (Å²) < 4.78 is 5.38. The molecule has 150 valence electrons. The zero-order valence-electron chi connectivity index (χ0n) is 15.9. The number of amides is 3. The third-order valence-corrected chi connectivity index (χ3v) is 4.37. The van der Waals surface area contributed by atoms with Crippen LogP contribution in [0.1, 0.15) is 25.5 Å². The molecule has 1 aliphatic rings. The number of hydrogen-bond acceptors (Lipinski definition) is 5. The number of rotatable bonds is 6. The van der Waals surface area contributed by atoms with E-state index in [-0.39, 0.29) is 5.69 Å². The summed E-state index contributed by atoms with van der Waals surface area (Å²) in [5.41, 5.74) is 1.77. The monoisotopic (exact) mass is 396 g/mol. The van der Waals surface area contributed by atoms with E-state index in [1.165, 1.54) is 24.3 Å². The molecule has 2 aromatic rings. The van der Waals surface area contributed by atoms with Crippen LogP contribution in [0.25, 0.3) is 0 Å². The number of benzene rings is 2.